The number of anilines is 1. The third kappa shape index (κ3) is 5.16. The predicted octanol–water partition coefficient (Wildman–Crippen LogP) is 3.66. The van der Waals surface area contributed by atoms with E-state index < -0.39 is 0 Å². The Kier molecular flexibility index (Phi) is 6.56. The van der Waals surface area contributed by atoms with Gasteiger partial charge in [0.05, 0.1) is 16.3 Å². The van der Waals surface area contributed by atoms with E-state index in [0.717, 1.165) is 11.3 Å². The van der Waals surface area contributed by atoms with Gasteiger partial charge in [-0.15, -0.1) is 10.2 Å². The molecule has 9 heteroatoms. The highest BCUT2D eigenvalue weighted by molar-refractivity contribution is 7.99. The standard InChI is InChI=1S/C20H20ClN5O2S/c1-13-4-7-15(8-5-13)26-12-22-24-20(26)29-11-18(27)23-14-6-9-17(21)16(10-14)19(28)25(2)3/h4-10,12H,11H2,1-3H3,(H,23,27). The van der Waals surface area contributed by atoms with Crippen LogP contribution in [0, 0.1) is 6.92 Å². The van der Waals surface area contributed by atoms with Crippen LogP contribution in [0.25, 0.3) is 5.69 Å². The topological polar surface area (TPSA) is 80.1 Å². The number of carbonyl (C=O) groups is 2. The summed E-state index contributed by atoms with van der Waals surface area (Å²) in [5.41, 5.74) is 2.92. The molecule has 3 rings (SSSR count). The van der Waals surface area contributed by atoms with Gasteiger partial charge < -0.3 is 10.2 Å². The quantitative estimate of drug-likeness (QED) is 0.605. The van der Waals surface area contributed by atoms with Crippen LogP contribution in [0.4, 0.5) is 5.69 Å². The maximum atomic E-state index is 12.4. The average molecular weight is 430 g/mol. The molecule has 0 bridgehead atoms. The second-order valence-electron chi connectivity index (χ2n) is 6.55. The second-order valence-corrected chi connectivity index (χ2v) is 7.90. The first-order chi connectivity index (χ1) is 13.8. The van der Waals surface area contributed by atoms with Crippen molar-refractivity contribution in [3.8, 4) is 5.69 Å². The zero-order valence-electron chi connectivity index (χ0n) is 16.2. The number of amides is 2. The molecule has 3 aromatic rings. The normalized spacial score (nSPS) is 10.6. The van der Waals surface area contributed by atoms with Crippen molar-refractivity contribution < 1.29 is 9.59 Å². The number of thioether (sulfide) groups is 1. The van der Waals surface area contributed by atoms with Gasteiger partial charge in [0.1, 0.15) is 6.33 Å². The van der Waals surface area contributed by atoms with Crippen molar-refractivity contribution in [2.24, 2.45) is 0 Å². The fourth-order valence-electron chi connectivity index (χ4n) is 2.54. The lowest BCUT2D eigenvalue weighted by Gasteiger charge is -2.13. The Morgan fingerprint density at radius 1 is 1.17 bits per heavy atom. The van der Waals surface area contributed by atoms with Gasteiger partial charge in [0, 0.05) is 25.5 Å². The van der Waals surface area contributed by atoms with E-state index in [0.29, 0.717) is 21.4 Å². The Balaban J connectivity index is 1.66. The molecule has 0 saturated carbocycles. The van der Waals surface area contributed by atoms with Crippen molar-refractivity contribution in [2.45, 2.75) is 12.1 Å². The maximum absolute atomic E-state index is 12.4. The van der Waals surface area contributed by atoms with Crippen molar-refractivity contribution >= 4 is 40.9 Å². The van der Waals surface area contributed by atoms with E-state index in [4.69, 9.17) is 11.6 Å². The van der Waals surface area contributed by atoms with Gasteiger partial charge in [0.2, 0.25) is 5.91 Å². The van der Waals surface area contributed by atoms with Gasteiger partial charge in [0.15, 0.2) is 5.16 Å². The number of nitrogens with zero attached hydrogens (tertiary/aromatic N) is 4. The van der Waals surface area contributed by atoms with Crippen LogP contribution in [0.3, 0.4) is 0 Å². The minimum absolute atomic E-state index is 0.143. The Morgan fingerprint density at radius 2 is 1.90 bits per heavy atom. The number of rotatable bonds is 6. The molecule has 0 aliphatic rings. The molecule has 29 heavy (non-hydrogen) atoms. The summed E-state index contributed by atoms with van der Waals surface area (Å²) in [7, 11) is 3.29. The lowest BCUT2D eigenvalue weighted by Crippen LogP contribution is -2.22. The van der Waals surface area contributed by atoms with Gasteiger partial charge >= 0.3 is 0 Å². The fraction of sp³-hybridized carbons (Fsp3) is 0.200. The molecule has 0 radical (unpaired) electrons. The Labute approximate surface area is 178 Å². The monoisotopic (exact) mass is 429 g/mol. The predicted molar refractivity (Wildman–Crippen MR) is 115 cm³/mol. The summed E-state index contributed by atoms with van der Waals surface area (Å²) in [5.74, 6) is -0.310. The lowest BCUT2D eigenvalue weighted by molar-refractivity contribution is -0.113. The molecule has 2 aromatic carbocycles. The number of halogens is 1. The third-order valence-corrected chi connectivity index (χ3v) is 5.32. The molecule has 2 amide bonds. The van der Waals surface area contributed by atoms with Gasteiger partial charge in [0.25, 0.3) is 5.91 Å². The molecule has 1 heterocycles. The first kappa shape index (κ1) is 20.9. The van der Waals surface area contributed by atoms with Crippen molar-refractivity contribution in [1.29, 1.82) is 0 Å². The summed E-state index contributed by atoms with van der Waals surface area (Å²) in [6, 6.07) is 12.8. The van der Waals surface area contributed by atoms with Gasteiger partial charge in [-0.25, -0.2) is 0 Å². The second kappa shape index (κ2) is 9.11. The SMILES string of the molecule is Cc1ccc(-n2cnnc2SCC(=O)Nc2ccc(Cl)c(C(=O)N(C)C)c2)cc1. The van der Waals surface area contributed by atoms with E-state index in [1.54, 1.807) is 38.6 Å². The number of hydrogen-bond donors (Lipinski definition) is 1. The van der Waals surface area contributed by atoms with Crippen molar-refractivity contribution in [2.75, 3.05) is 25.2 Å². The van der Waals surface area contributed by atoms with Crippen LogP contribution in [0.2, 0.25) is 5.02 Å². The number of nitrogens with one attached hydrogen (secondary N) is 1. The van der Waals surface area contributed by atoms with E-state index >= 15 is 0 Å². The molecule has 0 saturated heterocycles. The van der Waals surface area contributed by atoms with Gasteiger partial charge in [-0.05, 0) is 37.3 Å². The number of aryl methyl sites for hydroxylation is 1. The highest BCUT2D eigenvalue weighted by atomic mass is 35.5. The molecule has 0 unspecified atom stereocenters. The zero-order chi connectivity index (χ0) is 21.0. The van der Waals surface area contributed by atoms with E-state index in [1.165, 1.54) is 16.7 Å². The van der Waals surface area contributed by atoms with E-state index in [9.17, 15) is 9.59 Å². The van der Waals surface area contributed by atoms with Crippen molar-refractivity contribution in [1.82, 2.24) is 19.7 Å². The molecule has 0 atom stereocenters. The Morgan fingerprint density at radius 3 is 2.59 bits per heavy atom. The highest BCUT2D eigenvalue weighted by Crippen LogP contribution is 2.23. The number of aromatic nitrogens is 3. The van der Waals surface area contributed by atoms with Crippen LogP contribution in [-0.4, -0.2) is 51.3 Å². The summed E-state index contributed by atoms with van der Waals surface area (Å²) in [5, 5.41) is 11.8. The first-order valence-corrected chi connectivity index (χ1v) is 10.1. The van der Waals surface area contributed by atoms with Gasteiger partial charge in [-0.3, -0.25) is 14.2 Å². The van der Waals surface area contributed by atoms with Crippen LogP contribution < -0.4 is 5.32 Å². The fourth-order valence-corrected chi connectivity index (χ4v) is 3.47. The van der Waals surface area contributed by atoms with Gasteiger partial charge in [-0.2, -0.15) is 0 Å². The summed E-state index contributed by atoms with van der Waals surface area (Å²) < 4.78 is 1.83. The summed E-state index contributed by atoms with van der Waals surface area (Å²) in [6.07, 6.45) is 1.61. The Hall–Kier alpha value is -2.84. The maximum Gasteiger partial charge on any atom is 0.254 e. The van der Waals surface area contributed by atoms with Crippen molar-refractivity contribution in [3.63, 3.8) is 0 Å². The zero-order valence-corrected chi connectivity index (χ0v) is 17.8. The molecular weight excluding hydrogens is 410 g/mol. The summed E-state index contributed by atoms with van der Waals surface area (Å²) in [4.78, 5) is 26.0. The molecule has 7 nitrogen and oxygen atoms in total. The lowest BCUT2D eigenvalue weighted by atomic mass is 10.1. The molecule has 0 aliphatic carbocycles. The largest absolute Gasteiger partial charge is 0.345 e. The molecule has 150 valence electrons. The van der Waals surface area contributed by atoms with Crippen molar-refractivity contribution in [3.05, 3.63) is 64.9 Å². The molecular formula is C20H20ClN5O2S. The number of hydrogen-bond acceptors (Lipinski definition) is 5. The van der Waals surface area contributed by atoms with Crippen LogP contribution in [-0.2, 0) is 4.79 Å². The molecule has 1 N–H and O–H groups in total. The van der Waals surface area contributed by atoms with E-state index in [-0.39, 0.29) is 17.6 Å². The highest BCUT2D eigenvalue weighted by Gasteiger charge is 2.15. The molecule has 0 spiro atoms. The average Bonchev–Trinajstić information content (AvgIpc) is 3.16. The van der Waals surface area contributed by atoms with E-state index in [1.807, 2.05) is 35.8 Å². The molecule has 0 fully saturated rings. The van der Waals surface area contributed by atoms with Crippen LogP contribution in [0.15, 0.2) is 53.9 Å². The number of carbonyl (C=O) groups excluding carboxylic acids is 2. The Bertz CT molecular complexity index is 1030. The number of benzene rings is 2. The first-order valence-electron chi connectivity index (χ1n) is 8.76. The van der Waals surface area contributed by atoms with E-state index in [2.05, 4.69) is 15.5 Å². The summed E-state index contributed by atoms with van der Waals surface area (Å²) in [6.45, 7) is 2.02. The minimum atomic E-state index is -0.230. The molecule has 0 aliphatic heterocycles. The van der Waals surface area contributed by atoms with Crippen LogP contribution >= 0.6 is 23.4 Å². The van der Waals surface area contributed by atoms with Gasteiger partial charge in [-0.1, -0.05) is 41.1 Å². The van der Waals surface area contributed by atoms with Crippen LogP contribution in [0.5, 0.6) is 0 Å². The third-order valence-electron chi connectivity index (χ3n) is 4.05. The smallest absolute Gasteiger partial charge is 0.254 e. The van der Waals surface area contributed by atoms with Crippen LogP contribution in [0.1, 0.15) is 15.9 Å². The molecule has 1 aromatic heterocycles. The summed E-state index contributed by atoms with van der Waals surface area (Å²) >= 11 is 7.38. The minimum Gasteiger partial charge on any atom is -0.345 e.